The van der Waals surface area contributed by atoms with Gasteiger partial charge in [0.25, 0.3) is 0 Å². The van der Waals surface area contributed by atoms with Crippen LogP contribution in [0.25, 0.3) is 0 Å². The molecule has 0 aliphatic rings. The zero-order valence-electron chi connectivity index (χ0n) is 10.1. The third-order valence-corrected chi connectivity index (χ3v) is 8.73. The van der Waals surface area contributed by atoms with Crippen molar-refractivity contribution in [2.75, 3.05) is 0 Å². The molecule has 1 heterocycles. The monoisotopic (exact) mass is 202 g/mol. The first-order valence-electron chi connectivity index (χ1n) is 5.10. The number of hydrogen-bond donors (Lipinski definition) is 0. The number of aryl methyl sites for hydroxylation is 1. The summed E-state index contributed by atoms with van der Waals surface area (Å²) in [6, 6.07) is 3.87. The average Bonchev–Trinajstić information content (AvgIpc) is 2.57. The predicted octanol–water partition coefficient (Wildman–Crippen LogP) is -1.06. The molecule has 2 nitrogen and oxygen atoms in total. The zero-order valence-corrected chi connectivity index (χ0v) is 11.1. The van der Waals surface area contributed by atoms with E-state index < -0.39 is 8.07 Å². The Morgan fingerprint density at radius 1 is 1.29 bits per heavy atom. The van der Waals surface area contributed by atoms with Gasteiger partial charge in [-0.3, -0.25) is 0 Å². The van der Waals surface area contributed by atoms with E-state index in [1.807, 2.05) is 0 Å². The summed E-state index contributed by atoms with van der Waals surface area (Å²) in [5.41, 5.74) is 1.32. The first kappa shape index (κ1) is 14.0. The maximum Gasteiger partial charge on any atom is 1.00 e. The summed E-state index contributed by atoms with van der Waals surface area (Å²) in [6.07, 6.45) is 4.92. The van der Waals surface area contributed by atoms with E-state index in [0.717, 1.165) is 0 Å². The van der Waals surface area contributed by atoms with E-state index in [1.165, 1.54) is 23.6 Å². The Labute approximate surface area is 100 Å². The van der Waals surface area contributed by atoms with E-state index in [4.69, 9.17) is 0 Å². The van der Waals surface area contributed by atoms with Crippen molar-refractivity contribution < 1.29 is 18.9 Å². The fraction of sp³-hybridized carbons (Fsp3) is 0.700. The molecule has 0 unspecified atom stereocenters. The van der Waals surface area contributed by atoms with Crippen molar-refractivity contribution in [2.45, 2.75) is 38.9 Å². The van der Waals surface area contributed by atoms with Crippen LogP contribution in [0.1, 0.15) is 20.8 Å². The Morgan fingerprint density at radius 2 is 1.79 bits per heavy atom. The summed E-state index contributed by atoms with van der Waals surface area (Å²) >= 11 is 0. The summed E-state index contributed by atoms with van der Waals surface area (Å²) in [6.45, 7) is 6.90. The molecule has 4 heteroatoms. The number of hydrogen-bond acceptors (Lipinski definition) is 1. The topological polar surface area (TPSA) is 17.8 Å². The van der Waals surface area contributed by atoms with Gasteiger partial charge in [-0.05, 0) is 7.05 Å². The molecular formula is C10H19LiN2Si. The predicted molar refractivity (Wildman–Crippen MR) is 58.9 cm³/mol. The maximum atomic E-state index is 4.47. The number of imidazole rings is 1. The minimum Gasteiger partial charge on any atom is -0.503 e. The molecule has 0 bridgehead atoms. The van der Waals surface area contributed by atoms with Gasteiger partial charge in [-0.2, -0.15) is 6.20 Å². The fourth-order valence-electron chi connectivity index (χ4n) is 2.04. The van der Waals surface area contributed by atoms with Gasteiger partial charge in [-0.1, -0.05) is 50.5 Å². The van der Waals surface area contributed by atoms with Crippen molar-refractivity contribution in [2.24, 2.45) is 7.05 Å². The van der Waals surface area contributed by atoms with Crippen LogP contribution in [0.3, 0.4) is 0 Å². The third-order valence-electron chi connectivity index (χ3n) is 3.26. The molecule has 0 radical (unpaired) electrons. The SMILES string of the molecule is CC[Si](CC)(CC)c1nc[c-]n1C.[Li+]. The van der Waals surface area contributed by atoms with Crippen molar-refractivity contribution in [3.8, 4) is 0 Å². The van der Waals surface area contributed by atoms with Crippen LogP contribution in [-0.2, 0) is 7.05 Å². The second kappa shape index (κ2) is 5.80. The molecule has 74 valence electrons. The number of aromatic nitrogens is 2. The second-order valence-electron chi connectivity index (χ2n) is 3.61. The third kappa shape index (κ3) is 2.33. The van der Waals surface area contributed by atoms with E-state index in [1.54, 1.807) is 6.20 Å². The molecule has 14 heavy (non-hydrogen) atoms. The summed E-state index contributed by atoms with van der Waals surface area (Å²) in [5, 5.41) is 0. The Bertz CT molecular complexity index is 261. The van der Waals surface area contributed by atoms with Gasteiger partial charge in [0.05, 0.1) is 0 Å². The molecule has 0 saturated heterocycles. The molecule has 0 saturated carbocycles. The molecule has 0 aromatic carbocycles. The van der Waals surface area contributed by atoms with Crippen LogP contribution in [0.5, 0.6) is 0 Å². The zero-order chi connectivity index (χ0) is 9.90. The Hall–Kier alpha value is 0.0243. The van der Waals surface area contributed by atoms with Gasteiger partial charge in [0.15, 0.2) is 0 Å². The first-order chi connectivity index (χ1) is 6.20. The van der Waals surface area contributed by atoms with Crippen LogP contribution in [0, 0.1) is 6.20 Å². The fourth-order valence-corrected chi connectivity index (χ4v) is 5.60. The van der Waals surface area contributed by atoms with Crippen molar-refractivity contribution in [3.05, 3.63) is 12.4 Å². The van der Waals surface area contributed by atoms with Crippen molar-refractivity contribution in [3.63, 3.8) is 0 Å². The average molecular weight is 202 g/mol. The quantitative estimate of drug-likeness (QED) is 0.449. The molecule has 0 fully saturated rings. The molecular weight excluding hydrogens is 183 g/mol. The normalized spacial score (nSPS) is 11.1. The number of nitrogens with zero attached hydrogens (tertiary/aromatic N) is 2. The molecule has 0 aliphatic heterocycles. The first-order valence-corrected chi connectivity index (χ1v) is 7.72. The summed E-state index contributed by atoms with van der Waals surface area (Å²) in [5.74, 6) is 0. The minimum absolute atomic E-state index is 0. The van der Waals surface area contributed by atoms with Crippen molar-refractivity contribution >= 4 is 13.5 Å². The van der Waals surface area contributed by atoms with Crippen LogP contribution in [0.2, 0.25) is 18.1 Å². The molecule has 0 aliphatic carbocycles. The van der Waals surface area contributed by atoms with Gasteiger partial charge in [-0.25, -0.2) is 0 Å². The molecule has 0 N–H and O–H groups in total. The molecule has 1 aromatic heterocycles. The van der Waals surface area contributed by atoms with Crippen LogP contribution in [0.15, 0.2) is 6.20 Å². The van der Waals surface area contributed by atoms with Crippen LogP contribution in [0.4, 0.5) is 0 Å². The molecule has 0 amide bonds. The standard InChI is InChI=1S/C10H19N2Si.Li/c1-5-13(6-2,7-3)10-11-8-9-12(10)4;/h8H,5-7H2,1-4H3;/q-1;+1. The summed E-state index contributed by atoms with van der Waals surface area (Å²) in [7, 11) is 0.795. The number of rotatable bonds is 4. The van der Waals surface area contributed by atoms with E-state index in [2.05, 4.69) is 43.6 Å². The minimum atomic E-state index is -1.27. The van der Waals surface area contributed by atoms with Gasteiger partial charge in [0.2, 0.25) is 0 Å². The Kier molecular flexibility index (Phi) is 5.81. The van der Waals surface area contributed by atoms with E-state index in [0.29, 0.717) is 0 Å². The van der Waals surface area contributed by atoms with E-state index >= 15 is 0 Å². The Morgan fingerprint density at radius 3 is 2.07 bits per heavy atom. The van der Waals surface area contributed by atoms with Gasteiger partial charge >= 0.3 is 18.9 Å². The summed E-state index contributed by atoms with van der Waals surface area (Å²) < 4.78 is 2.09. The largest absolute Gasteiger partial charge is 1.00 e. The van der Waals surface area contributed by atoms with Crippen LogP contribution < -0.4 is 24.3 Å². The van der Waals surface area contributed by atoms with E-state index in [-0.39, 0.29) is 18.9 Å². The molecule has 0 atom stereocenters. The van der Waals surface area contributed by atoms with Crippen LogP contribution in [-0.4, -0.2) is 17.6 Å². The molecule has 0 spiro atoms. The summed E-state index contributed by atoms with van der Waals surface area (Å²) in [4.78, 5) is 4.47. The molecule has 1 aromatic rings. The van der Waals surface area contributed by atoms with E-state index in [9.17, 15) is 0 Å². The van der Waals surface area contributed by atoms with Crippen molar-refractivity contribution in [1.82, 2.24) is 9.55 Å². The van der Waals surface area contributed by atoms with Crippen molar-refractivity contribution in [1.29, 1.82) is 0 Å². The van der Waals surface area contributed by atoms with Crippen LogP contribution >= 0.6 is 0 Å². The van der Waals surface area contributed by atoms with Gasteiger partial charge < -0.3 is 9.55 Å². The second-order valence-corrected chi connectivity index (χ2v) is 8.74. The Balaban J connectivity index is 0.00000169. The van der Waals surface area contributed by atoms with Gasteiger partial charge in [0, 0.05) is 8.07 Å². The maximum absolute atomic E-state index is 4.47. The smallest absolute Gasteiger partial charge is 0.503 e. The molecule has 1 rings (SSSR count). The van der Waals surface area contributed by atoms with Gasteiger partial charge in [-0.15, -0.1) is 0 Å². The van der Waals surface area contributed by atoms with Gasteiger partial charge in [0.1, 0.15) is 0 Å².